The molecule has 0 aliphatic rings. The number of halogens is 3. The molecule has 32 heavy (non-hydrogen) atoms. The molecule has 10 heteroatoms. The van der Waals surface area contributed by atoms with E-state index >= 15 is 0 Å². The van der Waals surface area contributed by atoms with Crippen LogP contribution in [-0.2, 0) is 22.9 Å². The van der Waals surface area contributed by atoms with Crippen molar-refractivity contribution in [2.45, 2.75) is 24.1 Å². The first kappa shape index (κ1) is 21.8. The van der Waals surface area contributed by atoms with Gasteiger partial charge >= 0.3 is 6.36 Å². The number of rotatable bonds is 6. The van der Waals surface area contributed by atoms with Crippen LogP contribution in [0.2, 0.25) is 0 Å². The highest BCUT2D eigenvalue weighted by Crippen LogP contribution is 2.29. The fourth-order valence-electron chi connectivity index (χ4n) is 3.46. The number of ether oxygens (including phenoxy) is 1. The van der Waals surface area contributed by atoms with Gasteiger partial charge in [0.05, 0.1) is 15.9 Å². The maximum absolute atomic E-state index is 12.4. The second kappa shape index (κ2) is 8.29. The summed E-state index contributed by atoms with van der Waals surface area (Å²) in [5.41, 5.74) is 3.19. The zero-order valence-corrected chi connectivity index (χ0v) is 17.4. The van der Waals surface area contributed by atoms with Gasteiger partial charge in [0.15, 0.2) is 0 Å². The van der Waals surface area contributed by atoms with E-state index in [1.807, 2.05) is 0 Å². The van der Waals surface area contributed by atoms with Crippen LogP contribution < -0.4 is 9.88 Å². The van der Waals surface area contributed by atoms with Gasteiger partial charge in [-0.3, -0.25) is 0 Å². The van der Waals surface area contributed by atoms with Crippen LogP contribution >= 0.6 is 0 Å². The Labute approximate surface area is 181 Å². The molecule has 0 unspecified atom stereocenters. The highest BCUT2D eigenvalue weighted by atomic mass is 32.2. The standard InChI is InChI=1S/C22H18F3N3O3S/c23-22(24,25)31-16-5-3-4-14(12-16)8-11-21-27-18-10-9-15(13-19(18)28-21)17-6-1-2-7-20(17)32(26,29)30/h1-7,9-10,12-13H,8,11H2,(H,27,28)(H2,26,29,30). The van der Waals surface area contributed by atoms with Crippen molar-refractivity contribution in [1.82, 2.24) is 9.97 Å². The van der Waals surface area contributed by atoms with Crippen LogP contribution in [0, 0.1) is 0 Å². The van der Waals surface area contributed by atoms with E-state index in [1.165, 1.54) is 24.3 Å². The third-order valence-electron chi connectivity index (χ3n) is 4.82. The van der Waals surface area contributed by atoms with Crippen molar-refractivity contribution in [2.24, 2.45) is 5.14 Å². The second-order valence-electron chi connectivity index (χ2n) is 7.15. The largest absolute Gasteiger partial charge is 0.573 e. The number of nitrogens with one attached hydrogen (secondary N) is 1. The number of aromatic amines is 1. The molecule has 4 aromatic rings. The number of primary sulfonamides is 1. The van der Waals surface area contributed by atoms with Crippen molar-refractivity contribution in [1.29, 1.82) is 0 Å². The summed E-state index contributed by atoms with van der Waals surface area (Å²) >= 11 is 0. The lowest BCUT2D eigenvalue weighted by Crippen LogP contribution is -2.17. The van der Waals surface area contributed by atoms with Crippen LogP contribution in [-0.4, -0.2) is 24.7 Å². The number of imidazole rings is 1. The predicted octanol–water partition coefficient (Wildman–Crippen LogP) is 4.56. The van der Waals surface area contributed by atoms with Crippen molar-refractivity contribution in [3.05, 3.63) is 78.1 Å². The quantitative estimate of drug-likeness (QED) is 0.440. The Balaban J connectivity index is 1.56. The molecule has 0 radical (unpaired) electrons. The van der Waals surface area contributed by atoms with Crippen molar-refractivity contribution in [3.63, 3.8) is 0 Å². The average Bonchev–Trinajstić information content (AvgIpc) is 3.13. The molecule has 0 atom stereocenters. The second-order valence-corrected chi connectivity index (χ2v) is 8.68. The van der Waals surface area contributed by atoms with E-state index in [2.05, 4.69) is 14.7 Å². The minimum Gasteiger partial charge on any atom is -0.406 e. The lowest BCUT2D eigenvalue weighted by molar-refractivity contribution is -0.274. The van der Waals surface area contributed by atoms with E-state index in [9.17, 15) is 21.6 Å². The molecular weight excluding hydrogens is 443 g/mol. The Kier molecular flexibility index (Phi) is 5.66. The van der Waals surface area contributed by atoms with Gasteiger partial charge in [-0.25, -0.2) is 18.5 Å². The minimum absolute atomic E-state index is 0.0241. The van der Waals surface area contributed by atoms with E-state index in [0.29, 0.717) is 40.9 Å². The van der Waals surface area contributed by atoms with Crippen LogP contribution in [0.15, 0.2) is 71.6 Å². The summed E-state index contributed by atoms with van der Waals surface area (Å²) in [6.07, 6.45) is -3.82. The molecule has 0 saturated carbocycles. The van der Waals surface area contributed by atoms with Crippen molar-refractivity contribution >= 4 is 21.1 Å². The molecule has 166 valence electrons. The highest BCUT2D eigenvalue weighted by Gasteiger charge is 2.31. The Morgan fingerprint density at radius 3 is 2.50 bits per heavy atom. The molecule has 3 N–H and O–H groups in total. The van der Waals surface area contributed by atoms with E-state index in [0.717, 1.165) is 5.52 Å². The number of aryl methyl sites for hydroxylation is 2. The molecule has 1 aromatic heterocycles. The molecule has 0 aliphatic carbocycles. The van der Waals surface area contributed by atoms with Crippen molar-refractivity contribution in [2.75, 3.05) is 0 Å². The monoisotopic (exact) mass is 461 g/mol. The number of benzene rings is 3. The molecular formula is C22H18F3N3O3S. The number of sulfonamides is 1. The third-order valence-corrected chi connectivity index (χ3v) is 5.79. The van der Waals surface area contributed by atoms with Gasteiger partial charge in [0.2, 0.25) is 10.0 Å². The van der Waals surface area contributed by atoms with Crippen LogP contribution in [0.1, 0.15) is 11.4 Å². The number of aromatic nitrogens is 2. The van der Waals surface area contributed by atoms with Crippen LogP contribution in [0.25, 0.3) is 22.2 Å². The summed E-state index contributed by atoms with van der Waals surface area (Å²) in [4.78, 5) is 7.74. The van der Waals surface area contributed by atoms with Crippen LogP contribution in [0.4, 0.5) is 13.2 Å². The van der Waals surface area contributed by atoms with Gasteiger partial charge in [-0.1, -0.05) is 36.4 Å². The van der Waals surface area contributed by atoms with Crippen LogP contribution in [0.5, 0.6) is 5.75 Å². The normalized spacial score (nSPS) is 12.2. The van der Waals surface area contributed by atoms with E-state index in [4.69, 9.17) is 5.14 Å². The molecule has 4 rings (SSSR count). The smallest absolute Gasteiger partial charge is 0.406 e. The summed E-state index contributed by atoms with van der Waals surface area (Å²) in [5.74, 6) is 0.386. The summed E-state index contributed by atoms with van der Waals surface area (Å²) in [5, 5.41) is 5.33. The van der Waals surface area contributed by atoms with E-state index in [1.54, 1.807) is 42.5 Å². The first-order valence-corrected chi connectivity index (χ1v) is 11.1. The fourth-order valence-corrected chi connectivity index (χ4v) is 4.22. The predicted molar refractivity (Wildman–Crippen MR) is 113 cm³/mol. The summed E-state index contributed by atoms with van der Waals surface area (Å²) in [6.45, 7) is 0. The molecule has 1 heterocycles. The van der Waals surface area contributed by atoms with Gasteiger partial charge in [-0.15, -0.1) is 13.2 Å². The Hall–Kier alpha value is -3.37. The molecule has 6 nitrogen and oxygen atoms in total. The molecule has 0 aliphatic heterocycles. The highest BCUT2D eigenvalue weighted by molar-refractivity contribution is 7.89. The zero-order chi connectivity index (χ0) is 22.9. The maximum atomic E-state index is 12.4. The maximum Gasteiger partial charge on any atom is 0.573 e. The first-order valence-electron chi connectivity index (χ1n) is 9.54. The molecule has 0 fully saturated rings. The minimum atomic E-state index is -4.74. The Morgan fingerprint density at radius 1 is 0.969 bits per heavy atom. The molecule has 3 aromatic carbocycles. The average molecular weight is 461 g/mol. The Morgan fingerprint density at radius 2 is 1.75 bits per heavy atom. The first-order chi connectivity index (χ1) is 15.1. The van der Waals surface area contributed by atoms with Crippen molar-refractivity contribution in [3.8, 4) is 16.9 Å². The fraction of sp³-hybridized carbons (Fsp3) is 0.136. The number of nitrogens with zero attached hydrogens (tertiary/aromatic N) is 1. The van der Waals surface area contributed by atoms with Gasteiger partial charge in [0, 0.05) is 12.0 Å². The van der Waals surface area contributed by atoms with Gasteiger partial charge in [-0.05, 0) is 47.9 Å². The van der Waals surface area contributed by atoms with E-state index < -0.39 is 16.4 Å². The Bertz CT molecular complexity index is 1380. The number of hydrogen-bond acceptors (Lipinski definition) is 4. The lowest BCUT2D eigenvalue weighted by atomic mass is 10.1. The number of nitrogens with two attached hydrogens (primary N) is 1. The summed E-state index contributed by atoms with van der Waals surface area (Å²) in [6, 6.07) is 17.6. The van der Waals surface area contributed by atoms with E-state index in [-0.39, 0.29) is 10.6 Å². The van der Waals surface area contributed by atoms with Crippen molar-refractivity contribution < 1.29 is 26.3 Å². The topological polar surface area (TPSA) is 98.1 Å². The van der Waals surface area contributed by atoms with Gasteiger partial charge in [-0.2, -0.15) is 0 Å². The third kappa shape index (κ3) is 5.09. The van der Waals surface area contributed by atoms with Gasteiger partial charge < -0.3 is 9.72 Å². The number of fused-ring (bicyclic) bond motifs is 1. The molecule has 0 spiro atoms. The molecule has 0 amide bonds. The van der Waals surface area contributed by atoms with Crippen LogP contribution in [0.3, 0.4) is 0 Å². The number of hydrogen-bond donors (Lipinski definition) is 2. The number of H-pyrrole nitrogens is 1. The lowest BCUT2D eigenvalue weighted by Gasteiger charge is -2.09. The number of alkyl halides is 3. The van der Waals surface area contributed by atoms with Gasteiger partial charge in [0.1, 0.15) is 11.6 Å². The zero-order valence-electron chi connectivity index (χ0n) is 16.6. The molecule has 0 bridgehead atoms. The summed E-state index contributed by atoms with van der Waals surface area (Å²) < 4.78 is 65.0. The summed E-state index contributed by atoms with van der Waals surface area (Å²) in [7, 11) is -3.89. The SMILES string of the molecule is NS(=O)(=O)c1ccccc1-c1ccc2[nH]c(CCc3cccc(OC(F)(F)F)c3)nc2c1. The molecule has 0 saturated heterocycles. The van der Waals surface area contributed by atoms with Gasteiger partial charge in [0.25, 0.3) is 0 Å².